The van der Waals surface area contributed by atoms with E-state index < -0.39 is 0 Å². The molecule has 1 heterocycles. The van der Waals surface area contributed by atoms with Crippen LogP contribution in [0.1, 0.15) is 26.2 Å². The molecule has 2 N–H and O–H groups in total. The van der Waals surface area contributed by atoms with Gasteiger partial charge in [0.15, 0.2) is 0 Å². The van der Waals surface area contributed by atoms with Gasteiger partial charge < -0.3 is 5.32 Å². The van der Waals surface area contributed by atoms with Crippen molar-refractivity contribution in [1.82, 2.24) is 0 Å². The molecule has 0 bridgehead atoms. The SMILES string of the molecule is C[C@@H]1CCCC[NH2+]1. The Balaban J connectivity index is 2.12. The average molecular weight is 100 g/mol. The van der Waals surface area contributed by atoms with Crippen molar-refractivity contribution in [3.05, 3.63) is 0 Å². The first-order valence-corrected chi connectivity index (χ1v) is 3.23. The van der Waals surface area contributed by atoms with Crippen LogP contribution in [0.25, 0.3) is 0 Å². The van der Waals surface area contributed by atoms with E-state index in [0.717, 1.165) is 6.04 Å². The zero-order chi connectivity index (χ0) is 5.11. The fourth-order valence-corrected chi connectivity index (χ4v) is 1.13. The van der Waals surface area contributed by atoms with Gasteiger partial charge in [-0.05, 0) is 26.2 Å². The molecular formula is C6H14N+. The summed E-state index contributed by atoms with van der Waals surface area (Å²) < 4.78 is 0. The van der Waals surface area contributed by atoms with Crippen LogP contribution in [0.15, 0.2) is 0 Å². The molecule has 1 nitrogen and oxygen atoms in total. The zero-order valence-electron chi connectivity index (χ0n) is 4.98. The highest BCUT2D eigenvalue weighted by Gasteiger charge is 2.08. The molecule has 0 unspecified atom stereocenters. The van der Waals surface area contributed by atoms with Gasteiger partial charge in [-0.25, -0.2) is 0 Å². The second-order valence-electron chi connectivity index (χ2n) is 2.50. The van der Waals surface area contributed by atoms with Gasteiger partial charge in [0.25, 0.3) is 0 Å². The van der Waals surface area contributed by atoms with Crippen LogP contribution in [0.5, 0.6) is 0 Å². The summed E-state index contributed by atoms with van der Waals surface area (Å²) in [6.07, 6.45) is 4.32. The van der Waals surface area contributed by atoms with Crippen LogP contribution in [-0.4, -0.2) is 12.6 Å². The van der Waals surface area contributed by atoms with Gasteiger partial charge in [-0.2, -0.15) is 0 Å². The Hall–Kier alpha value is -0.0400. The summed E-state index contributed by atoms with van der Waals surface area (Å²) in [6, 6.07) is 0.911. The molecule has 1 fully saturated rings. The van der Waals surface area contributed by atoms with Gasteiger partial charge in [0.2, 0.25) is 0 Å². The van der Waals surface area contributed by atoms with Gasteiger partial charge in [-0.15, -0.1) is 0 Å². The number of quaternary nitrogens is 1. The van der Waals surface area contributed by atoms with E-state index in [-0.39, 0.29) is 0 Å². The van der Waals surface area contributed by atoms with Crippen LogP contribution >= 0.6 is 0 Å². The molecule has 0 radical (unpaired) electrons. The molecule has 0 spiro atoms. The molecule has 1 rings (SSSR count). The first kappa shape index (κ1) is 5.10. The van der Waals surface area contributed by atoms with E-state index in [1.807, 2.05) is 0 Å². The smallest absolute Gasteiger partial charge is 0.0830 e. The van der Waals surface area contributed by atoms with Gasteiger partial charge in [0.1, 0.15) is 0 Å². The molecule has 0 aromatic rings. The standard InChI is InChI=1S/C6H13N/c1-6-4-2-3-5-7-6/h6-7H,2-5H2,1H3/p+1/t6-/m1/s1. The van der Waals surface area contributed by atoms with Crippen LogP contribution in [0, 0.1) is 0 Å². The highest BCUT2D eigenvalue weighted by molar-refractivity contribution is 4.50. The molecule has 0 aliphatic carbocycles. The maximum atomic E-state index is 2.43. The number of nitrogens with two attached hydrogens (primary N) is 1. The second-order valence-corrected chi connectivity index (χ2v) is 2.50. The van der Waals surface area contributed by atoms with Crippen LogP contribution in [0.2, 0.25) is 0 Å². The molecule has 7 heavy (non-hydrogen) atoms. The highest BCUT2D eigenvalue weighted by Crippen LogP contribution is 1.98. The van der Waals surface area contributed by atoms with Crippen LogP contribution in [0.4, 0.5) is 0 Å². The van der Waals surface area contributed by atoms with Crippen LogP contribution < -0.4 is 5.32 Å². The summed E-state index contributed by atoms with van der Waals surface area (Å²) in [5.41, 5.74) is 0. The van der Waals surface area contributed by atoms with E-state index in [4.69, 9.17) is 0 Å². The molecule has 0 saturated carbocycles. The zero-order valence-corrected chi connectivity index (χ0v) is 4.98. The van der Waals surface area contributed by atoms with E-state index in [1.165, 1.54) is 25.8 Å². The topological polar surface area (TPSA) is 16.6 Å². The lowest BCUT2D eigenvalue weighted by Gasteiger charge is -2.14. The van der Waals surface area contributed by atoms with Crippen LogP contribution in [0.3, 0.4) is 0 Å². The molecular weight excluding hydrogens is 86.1 g/mol. The molecule has 1 saturated heterocycles. The first-order chi connectivity index (χ1) is 3.39. The summed E-state index contributed by atoms with van der Waals surface area (Å²) in [6.45, 7) is 3.67. The van der Waals surface area contributed by atoms with Crippen molar-refractivity contribution in [2.45, 2.75) is 32.2 Å². The minimum atomic E-state index is 0.911. The lowest BCUT2D eigenvalue weighted by Crippen LogP contribution is -2.90. The molecule has 0 amide bonds. The predicted octanol–water partition coefficient (Wildman–Crippen LogP) is 0.122. The van der Waals surface area contributed by atoms with E-state index in [9.17, 15) is 0 Å². The van der Waals surface area contributed by atoms with Gasteiger partial charge in [0.05, 0.1) is 12.6 Å². The number of piperidine rings is 1. The van der Waals surface area contributed by atoms with E-state index in [1.54, 1.807) is 0 Å². The first-order valence-electron chi connectivity index (χ1n) is 3.23. The molecule has 1 atom stereocenters. The lowest BCUT2D eigenvalue weighted by atomic mass is 10.1. The van der Waals surface area contributed by atoms with Crippen molar-refractivity contribution in [3.8, 4) is 0 Å². The number of hydrogen-bond donors (Lipinski definition) is 1. The highest BCUT2D eigenvalue weighted by atomic mass is 14.9. The van der Waals surface area contributed by atoms with Gasteiger partial charge in [0, 0.05) is 0 Å². The summed E-state index contributed by atoms with van der Waals surface area (Å²) >= 11 is 0. The van der Waals surface area contributed by atoms with E-state index >= 15 is 0 Å². The number of rotatable bonds is 0. The second kappa shape index (κ2) is 2.31. The molecule has 0 aromatic carbocycles. The minimum Gasteiger partial charge on any atom is -0.344 e. The van der Waals surface area contributed by atoms with Crippen molar-refractivity contribution in [2.24, 2.45) is 0 Å². The Bertz CT molecular complexity index is 46.1. The van der Waals surface area contributed by atoms with Crippen molar-refractivity contribution in [1.29, 1.82) is 0 Å². The quantitative estimate of drug-likeness (QED) is 0.445. The van der Waals surface area contributed by atoms with E-state index in [2.05, 4.69) is 12.2 Å². The van der Waals surface area contributed by atoms with Crippen LogP contribution in [-0.2, 0) is 0 Å². The Labute approximate surface area is 45.1 Å². The molecule has 1 aliphatic rings. The van der Waals surface area contributed by atoms with Crippen molar-refractivity contribution >= 4 is 0 Å². The Morgan fingerprint density at radius 3 is 2.57 bits per heavy atom. The minimum absolute atomic E-state index is 0.911. The van der Waals surface area contributed by atoms with Crippen molar-refractivity contribution in [3.63, 3.8) is 0 Å². The fraction of sp³-hybridized carbons (Fsp3) is 1.00. The third-order valence-corrected chi connectivity index (χ3v) is 1.68. The molecule has 1 aliphatic heterocycles. The summed E-state index contributed by atoms with van der Waals surface area (Å²) in [4.78, 5) is 0. The largest absolute Gasteiger partial charge is 0.344 e. The summed E-state index contributed by atoms with van der Waals surface area (Å²) in [5, 5.41) is 2.43. The average Bonchev–Trinajstić information content (AvgIpc) is 1.69. The molecule has 42 valence electrons. The third kappa shape index (κ3) is 1.48. The molecule has 0 aromatic heterocycles. The Kier molecular flexibility index (Phi) is 1.69. The van der Waals surface area contributed by atoms with Crippen molar-refractivity contribution < 1.29 is 5.32 Å². The predicted molar refractivity (Wildman–Crippen MR) is 30.1 cm³/mol. The Morgan fingerprint density at radius 1 is 1.43 bits per heavy atom. The van der Waals surface area contributed by atoms with Gasteiger partial charge >= 0.3 is 0 Å². The fourth-order valence-electron chi connectivity index (χ4n) is 1.13. The van der Waals surface area contributed by atoms with Gasteiger partial charge in [-0.1, -0.05) is 0 Å². The summed E-state index contributed by atoms with van der Waals surface area (Å²) in [7, 11) is 0. The maximum absolute atomic E-state index is 2.43. The van der Waals surface area contributed by atoms with E-state index in [0.29, 0.717) is 0 Å². The monoisotopic (exact) mass is 100 g/mol. The summed E-state index contributed by atoms with van der Waals surface area (Å²) in [5.74, 6) is 0. The molecule has 1 heteroatoms. The maximum Gasteiger partial charge on any atom is 0.0830 e. The van der Waals surface area contributed by atoms with Gasteiger partial charge in [-0.3, -0.25) is 0 Å². The number of hydrogen-bond acceptors (Lipinski definition) is 0. The normalized spacial score (nSPS) is 33.0. The Morgan fingerprint density at radius 2 is 2.29 bits per heavy atom. The lowest BCUT2D eigenvalue weighted by molar-refractivity contribution is -0.694. The van der Waals surface area contributed by atoms with Crippen molar-refractivity contribution in [2.75, 3.05) is 6.54 Å². The third-order valence-electron chi connectivity index (χ3n) is 1.68.